The zero-order valence-corrected chi connectivity index (χ0v) is 9.68. The smallest absolute Gasteiger partial charge is 0.126 e. The summed E-state index contributed by atoms with van der Waals surface area (Å²) in [6.07, 6.45) is 3.70. The van der Waals surface area contributed by atoms with Gasteiger partial charge in [0.05, 0.1) is 0 Å². The largest absolute Gasteiger partial charge is 0.360 e. The summed E-state index contributed by atoms with van der Waals surface area (Å²) in [6, 6.07) is 3.44. The highest BCUT2D eigenvalue weighted by molar-refractivity contribution is 5.81. The van der Waals surface area contributed by atoms with Crippen LogP contribution in [0, 0.1) is 17.0 Å². The van der Waals surface area contributed by atoms with E-state index < -0.39 is 11.6 Å². The summed E-state index contributed by atoms with van der Waals surface area (Å²) < 4.78 is 26.0. The highest BCUT2D eigenvalue weighted by Crippen LogP contribution is 2.13. The zero-order valence-electron chi connectivity index (χ0n) is 9.68. The van der Waals surface area contributed by atoms with Crippen LogP contribution >= 0.6 is 0 Å². The fourth-order valence-electron chi connectivity index (χ4n) is 2.18. The first-order valence-electron chi connectivity index (χ1n) is 5.92. The van der Waals surface area contributed by atoms with E-state index >= 15 is 0 Å². The van der Waals surface area contributed by atoms with Crippen LogP contribution in [-0.2, 0) is 6.42 Å². The Kier molecular flexibility index (Phi) is 3.71. The van der Waals surface area contributed by atoms with E-state index in [1.165, 1.54) is 18.6 Å². The van der Waals surface area contributed by atoms with Crippen molar-refractivity contribution in [2.45, 2.75) is 25.7 Å². The van der Waals surface area contributed by atoms with Crippen LogP contribution < -0.4 is 0 Å². The predicted octanol–water partition coefficient (Wildman–Crippen LogP) is 2.97. The molecule has 1 aromatic carbocycles. The van der Waals surface area contributed by atoms with Crippen molar-refractivity contribution in [3.05, 3.63) is 35.4 Å². The predicted molar refractivity (Wildman–Crippen MR) is 63.2 cm³/mol. The summed E-state index contributed by atoms with van der Waals surface area (Å²) >= 11 is 0. The maximum Gasteiger partial charge on any atom is 0.126 e. The van der Waals surface area contributed by atoms with Crippen LogP contribution in [0.25, 0.3) is 0 Å². The van der Waals surface area contributed by atoms with Crippen LogP contribution in [-0.4, -0.2) is 23.8 Å². The van der Waals surface area contributed by atoms with Gasteiger partial charge >= 0.3 is 0 Å². The lowest BCUT2D eigenvalue weighted by molar-refractivity contribution is 0.336. The summed E-state index contributed by atoms with van der Waals surface area (Å²) in [7, 11) is 0. The molecule has 0 aliphatic carbocycles. The van der Waals surface area contributed by atoms with E-state index in [-0.39, 0.29) is 0 Å². The molecule has 0 radical (unpaired) electrons. The molecule has 2 rings (SSSR count). The number of amidine groups is 1. The van der Waals surface area contributed by atoms with E-state index in [1.807, 2.05) is 4.90 Å². The molecule has 1 aliphatic heterocycles. The van der Waals surface area contributed by atoms with Gasteiger partial charge in [0.1, 0.15) is 17.5 Å². The lowest BCUT2D eigenvalue weighted by Gasteiger charge is -2.29. The molecule has 0 amide bonds. The van der Waals surface area contributed by atoms with Gasteiger partial charge in [0.2, 0.25) is 0 Å². The molecular formula is C13H16F2N2. The molecule has 1 heterocycles. The summed E-state index contributed by atoms with van der Waals surface area (Å²) in [4.78, 5) is 1.99. The maximum atomic E-state index is 13.0. The van der Waals surface area contributed by atoms with Crippen molar-refractivity contribution in [2.75, 3.05) is 13.1 Å². The molecule has 1 aliphatic rings. The molecule has 0 unspecified atom stereocenters. The van der Waals surface area contributed by atoms with Gasteiger partial charge in [-0.25, -0.2) is 8.78 Å². The summed E-state index contributed by atoms with van der Waals surface area (Å²) in [5.74, 6) is -0.701. The minimum Gasteiger partial charge on any atom is -0.360 e. The Morgan fingerprint density at radius 1 is 1.06 bits per heavy atom. The Hall–Kier alpha value is -1.45. The lowest BCUT2D eigenvalue weighted by Crippen LogP contribution is -2.36. The van der Waals surface area contributed by atoms with Crippen LogP contribution in [0.1, 0.15) is 24.8 Å². The Labute approximate surface area is 99.8 Å². The Balaban J connectivity index is 2.01. The van der Waals surface area contributed by atoms with Gasteiger partial charge in [-0.3, -0.25) is 5.41 Å². The molecule has 0 atom stereocenters. The topological polar surface area (TPSA) is 27.1 Å². The molecular weight excluding hydrogens is 222 g/mol. The van der Waals surface area contributed by atoms with Gasteiger partial charge in [-0.05, 0) is 37.0 Å². The first-order chi connectivity index (χ1) is 8.15. The molecule has 1 aromatic rings. The highest BCUT2D eigenvalue weighted by Gasteiger charge is 2.14. The maximum absolute atomic E-state index is 13.0. The molecule has 1 fully saturated rings. The van der Waals surface area contributed by atoms with Gasteiger partial charge in [0, 0.05) is 25.6 Å². The van der Waals surface area contributed by atoms with Gasteiger partial charge in [-0.1, -0.05) is 0 Å². The van der Waals surface area contributed by atoms with Crippen LogP contribution in [0.4, 0.5) is 8.78 Å². The van der Waals surface area contributed by atoms with Crippen molar-refractivity contribution in [3.8, 4) is 0 Å². The van der Waals surface area contributed by atoms with Crippen molar-refractivity contribution in [2.24, 2.45) is 0 Å². The van der Waals surface area contributed by atoms with Gasteiger partial charge in [0.15, 0.2) is 0 Å². The van der Waals surface area contributed by atoms with Gasteiger partial charge < -0.3 is 4.90 Å². The third kappa shape index (κ3) is 3.25. The van der Waals surface area contributed by atoms with E-state index in [4.69, 9.17) is 5.41 Å². The number of halogens is 2. The second-order valence-electron chi connectivity index (χ2n) is 4.45. The second-order valence-corrected chi connectivity index (χ2v) is 4.45. The number of piperidine rings is 1. The molecule has 2 nitrogen and oxygen atoms in total. The van der Waals surface area contributed by atoms with E-state index in [0.29, 0.717) is 17.8 Å². The van der Waals surface area contributed by atoms with Gasteiger partial charge in [0.25, 0.3) is 0 Å². The minimum atomic E-state index is -0.577. The second kappa shape index (κ2) is 5.25. The number of nitrogens with zero attached hydrogens (tertiary/aromatic N) is 1. The van der Waals surface area contributed by atoms with E-state index in [0.717, 1.165) is 32.0 Å². The van der Waals surface area contributed by atoms with Crippen LogP contribution in [0.5, 0.6) is 0 Å². The average Bonchev–Trinajstić information content (AvgIpc) is 2.28. The summed E-state index contributed by atoms with van der Waals surface area (Å²) in [6.45, 7) is 1.77. The van der Waals surface area contributed by atoms with Crippen molar-refractivity contribution >= 4 is 5.84 Å². The van der Waals surface area contributed by atoms with Crippen LogP contribution in [0.15, 0.2) is 18.2 Å². The molecule has 0 saturated carbocycles. The fraction of sp³-hybridized carbons (Fsp3) is 0.462. The normalized spacial score (nSPS) is 16.0. The summed E-state index contributed by atoms with van der Waals surface area (Å²) in [5.41, 5.74) is 0.526. The third-order valence-electron chi connectivity index (χ3n) is 3.03. The minimum absolute atomic E-state index is 0.300. The molecule has 17 heavy (non-hydrogen) atoms. The van der Waals surface area contributed by atoms with Crippen LogP contribution in [0.3, 0.4) is 0 Å². The first-order valence-corrected chi connectivity index (χ1v) is 5.92. The molecule has 1 saturated heterocycles. The fourth-order valence-corrected chi connectivity index (χ4v) is 2.18. The SMILES string of the molecule is N=C(Cc1cc(F)cc(F)c1)N1CCCCC1. The molecule has 0 aromatic heterocycles. The standard InChI is InChI=1S/C13H16F2N2/c14-11-6-10(7-12(15)9-11)8-13(16)17-4-2-1-3-5-17/h6-7,9,16H,1-5,8H2. The zero-order chi connectivity index (χ0) is 12.3. The quantitative estimate of drug-likeness (QED) is 0.622. The molecule has 4 heteroatoms. The number of hydrogen-bond donors (Lipinski definition) is 1. The van der Waals surface area contributed by atoms with Crippen molar-refractivity contribution in [3.63, 3.8) is 0 Å². The average molecular weight is 238 g/mol. The number of nitrogens with one attached hydrogen (secondary N) is 1. The number of rotatable bonds is 2. The van der Waals surface area contributed by atoms with Crippen molar-refractivity contribution in [1.29, 1.82) is 5.41 Å². The Bertz CT molecular complexity index is 392. The Morgan fingerprint density at radius 2 is 1.65 bits per heavy atom. The molecule has 0 bridgehead atoms. The number of benzene rings is 1. The number of hydrogen-bond acceptors (Lipinski definition) is 1. The van der Waals surface area contributed by atoms with E-state index in [9.17, 15) is 8.78 Å². The van der Waals surface area contributed by atoms with Gasteiger partial charge in [-0.2, -0.15) is 0 Å². The summed E-state index contributed by atoms with van der Waals surface area (Å²) in [5, 5.41) is 7.94. The van der Waals surface area contributed by atoms with E-state index in [2.05, 4.69) is 0 Å². The molecule has 92 valence electrons. The van der Waals surface area contributed by atoms with Gasteiger partial charge in [-0.15, -0.1) is 0 Å². The first kappa shape index (κ1) is 12.0. The van der Waals surface area contributed by atoms with E-state index in [1.54, 1.807) is 0 Å². The molecule has 1 N–H and O–H groups in total. The monoisotopic (exact) mass is 238 g/mol. The lowest BCUT2D eigenvalue weighted by atomic mass is 10.1. The highest BCUT2D eigenvalue weighted by atomic mass is 19.1. The molecule has 0 spiro atoms. The number of likely N-dealkylation sites (tertiary alicyclic amines) is 1. The van der Waals surface area contributed by atoms with Crippen molar-refractivity contribution in [1.82, 2.24) is 4.90 Å². The Morgan fingerprint density at radius 3 is 2.24 bits per heavy atom. The van der Waals surface area contributed by atoms with Crippen molar-refractivity contribution < 1.29 is 8.78 Å². The third-order valence-corrected chi connectivity index (χ3v) is 3.03. The van der Waals surface area contributed by atoms with Crippen LogP contribution in [0.2, 0.25) is 0 Å².